The number of aromatic nitrogens is 2. The van der Waals surface area contributed by atoms with E-state index in [0.717, 1.165) is 111 Å². The molecule has 2 N–H and O–H groups in total. The molecule has 6 nitrogen and oxygen atoms in total. The number of rotatable bonds is 6. The molecule has 2 aromatic heterocycles. The molecule has 8 bridgehead atoms. The minimum atomic E-state index is -0.162. The Morgan fingerprint density at radius 2 is 0.956 bits per heavy atom. The minimum absolute atomic E-state index is 0.162. The van der Waals surface area contributed by atoms with E-state index in [4.69, 9.17) is 9.97 Å². The molecule has 2 aromatic carbocycles. The molecule has 4 aromatic rings. The highest BCUT2D eigenvalue weighted by molar-refractivity contribution is 7.22. The van der Waals surface area contributed by atoms with Gasteiger partial charge in [0.25, 0.3) is 0 Å². The second-order valence-corrected chi connectivity index (χ2v) is 18.2. The lowest BCUT2D eigenvalue weighted by Crippen LogP contribution is -2.51. The van der Waals surface area contributed by atoms with Crippen LogP contribution in [0.3, 0.4) is 0 Å². The van der Waals surface area contributed by atoms with E-state index < -0.39 is 0 Å². The van der Waals surface area contributed by atoms with Crippen LogP contribution in [0.5, 0.6) is 0 Å². The molecule has 8 aliphatic carbocycles. The summed E-state index contributed by atoms with van der Waals surface area (Å²) >= 11 is 3.19. The Hall–Kier alpha value is -2.84. The van der Waals surface area contributed by atoms with Crippen LogP contribution in [0.4, 0.5) is 10.3 Å². The lowest BCUT2D eigenvalue weighted by Gasteiger charge is -2.55. The Morgan fingerprint density at radius 1 is 0.600 bits per heavy atom. The molecule has 45 heavy (non-hydrogen) atoms. The summed E-state index contributed by atoms with van der Waals surface area (Å²) in [5.74, 6) is 4.93. The number of nitrogens with one attached hydrogen (secondary N) is 2. The van der Waals surface area contributed by atoms with Crippen molar-refractivity contribution >= 4 is 65.2 Å². The molecule has 0 spiro atoms. The van der Waals surface area contributed by atoms with Crippen molar-refractivity contribution in [2.75, 3.05) is 10.6 Å². The predicted octanol–water partition coefficient (Wildman–Crippen LogP) is 8.81. The molecule has 8 heteroatoms. The van der Waals surface area contributed by atoms with Crippen LogP contribution in [0.2, 0.25) is 0 Å². The third-order valence-electron chi connectivity index (χ3n) is 12.8. The van der Waals surface area contributed by atoms with Gasteiger partial charge >= 0.3 is 0 Å². The number of amides is 2. The predicted molar refractivity (Wildman–Crippen MR) is 181 cm³/mol. The van der Waals surface area contributed by atoms with E-state index in [1.807, 2.05) is 0 Å². The van der Waals surface area contributed by atoms with Crippen molar-refractivity contribution in [3.05, 3.63) is 47.5 Å². The molecule has 0 radical (unpaired) electrons. The van der Waals surface area contributed by atoms with E-state index in [1.54, 1.807) is 22.7 Å². The summed E-state index contributed by atoms with van der Waals surface area (Å²) in [5.41, 5.74) is 4.02. The summed E-state index contributed by atoms with van der Waals surface area (Å²) in [6.45, 7) is 0. The van der Waals surface area contributed by atoms with Crippen molar-refractivity contribution in [1.82, 2.24) is 9.97 Å². The minimum Gasteiger partial charge on any atom is -0.301 e. The van der Waals surface area contributed by atoms with Crippen LogP contribution >= 0.6 is 22.7 Å². The summed E-state index contributed by atoms with van der Waals surface area (Å²) in [6.07, 6.45) is 15.3. The quantitative estimate of drug-likeness (QED) is 0.222. The van der Waals surface area contributed by atoms with Gasteiger partial charge in [-0.1, -0.05) is 34.8 Å². The van der Waals surface area contributed by atoms with Crippen LogP contribution in [0.1, 0.15) is 88.2 Å². The number of hydrogen-bond acceptors (Lipinski definition) is 6. The van der Waals surface area contributed by atoms with Crippen LogP contribution in [0.15, 0.2) is 36.4 Å². The van der Waals surface area contributed by atoms with Crippen molar-refractivity contribution in [3.8, 4) is 0 Å². The normalized spacial score (nSPS) is 35.8. The zero-order chi connectivity index (χ0) is 29.9. The number of hydrogen-bond donors (Lipinski definition) is 2. The molecular weight excluding hydrogens is 597 g/mol. The molecular formula is C37H40N4O2S2. The highest BCUT2D eigenvalue weighted by Crippen LogP contribution is 2.61. The summed E-state index contributed by atoms with van der Waals surface area (Å²) < 4.78 is 2.23. The molecule has 0 unspecified atom stereocenters. The molecule has 232 valence electrons. The Labute approximate surface area is 271 Å². The number of anilines is 2. The van der Waals surface area contributed by atoms with Crippen LogP contribution in [-0.2, 0) is 16.0 Å². The zero-order valence-corrected chi connectivity index (χ0v) is 27.3. The smallest absolute Gasteiger partial charge is 0.232 e. The lowest BCUT2D eigenvalue weighted by molar-refractivity contribution is -0.141. The van der Waals surface area contributed by atoms with Crippen molar-refractivity contribution < 1.29 is 9.59 Å². The van der Waals surface area contributed by atoms with Crippen molar-refractivity contribution in [1.29, 1.82) is 0 Å². The van der Waals surface area contributed by atoms with E-state index in [0.29, 0.717) is 0 Å². The molecule has 0 aliphatic heterocycles. The summed E-state index contributed by atoms with van der Waals surface area (Å²) in [6, 6.07) is 12.9. The van der Waals surface area contributed by atoms with Crippen molar-refractivity contribution in [2.45, 2.75) is 83.5 Å². The number of benzene rings is 2. The van der Waals surface area contributed by atoms with Gasteiger partial charge in [0.05, 0.1) is 31.3 Å². The molecule has 8 fully saturated rings. The highest BCUT2D eigenvalue weighted by atomic mass is 32.1. The lowest BCUT2D eigenvalue weighted by atomic mass is 9.49. The number of nitrogens with zero attached hydrogens (tertiary/aromatic N) is 2. The first-order valence-electron chi connectivity index (χ1n) is 17.3. The molecule has 2 amide bonds. The first kappa shape index (κ1) is 27.3. The fourth-order valence-electron chi connectivity index (χ4n) is 11.7. The van der Waals surface area contributed by atoms with Gasteiger partial charge in [0.1, 0.15) is 0 Å². The average molecular weight is 637 g/mol. The van der Waals surface area contributed by atoms with Gasteiger partial charge in [-0.15, -0.1) is 0 Å². The van der Waals surface area contributed by atoms with Gasteiger partial charge in [-0.2, -0.15) is 0 Å². The fourth-order valence-corrected chi connectivity index (χ4v) is 13.6. The van der Waals surface area contributed by atoms with Crippen LogP contribution < -0.4 is 10.6 Å². The number of thiazole rings is 2. The largest absolute Gasteiger partial charge is 0.301 e. The highest BCUT2D eigenvalue weighted by Gasteiger charge is 2.56. The number of carbonyl (C=O) groups excluding carboxylic acids is 2. The summed E-state index contributed by atoms with van der Waals surface area (Å²) in [5, 5.41) is 7.99. The molecule has 12 rings (SSSR count). The van der Waals surface area contributed by atoms with E-state index >= 15 is 0 Å². The second-order valence-electron chi connectivity index (χ2n) is 16.1. The van der Waals surface area contributed by atoms with Gasteiger partial charge in [0.15, 0.2) is 10.3 Å². The Bertz CT molecular complexity index is 1670. The maximum Gasteiger partial charge on any atom is 0.232 e. The van der Waals surface area contributed by atoms with Crippen molar-refractivity contribution in [2.24, 2.45) is 46.3 Å². The van der Waals surface area contributed by atoms with Gasteiger partial charge < -0.3 is 10.6 Å². The van der Waals surface area contributed by atoms with E-state index in [9.17, 15) is 9.59 Å². The van der Waals surface area contributed by atoms with Crippen LogP contribution in [-0.4, -0.2) is 21.8 Å². The van der Waals surface area contributed by atoms with Crippen LogP contribution in [0.25, 0.3) is 20.4 Å². The third kappa shape index (κ3) is 4.60. The zero-order valence-electron chi connectivity index (χ0n) is 25.6. The maximum atomic E-state index is 13.6. The summed E-state index contributed by atoms with van der Waals surface area (Å²) in [7, 11) is 0. The topological polar surface area (TPSA) is 84.0 Å². The van der Waals surface area contributed by atoms with E-state index in [2.05, 4.69) is 47.0 Å². The van der Waals surface area contributed by atoms with Gasteiger partial charge in [0.2, 0.25) is 11.8 Å². The first-order valence-corrected chi connectivity index (χ1v) is 18.9. The Kier molecular flexibility index (Phi) is 5.96. The fraction of sp³-hybridized carbons (Fsp3) is 0.568. The average Bonchev–Trinajstić information content (AvgIpc) is 3.58. The standard InChI is InChI=1S/C37H40N4O2S2/c42-32(36-14-22-6-23(15-36)8-24(7-22)16-36)40-34-38-28-3-1-20(12-30(28)44-34)5-21-2-4-29-31(13-21)45-35(39-29)41-33(43)37-17-25-9-26(18-37)11-27(10-25)19-37/h1-4,12-13,22-27H,5-11,14-19H2,(H,38,40,42)(H,39,41,43). The van der Waals surface area contributed by atoms with E-state index in [1.165, 1.54) is 49.7 Å². The SMILES string of the molecule is O=C(Nc1nc2ccc(Cc3ccc4nc(NC(=O)C56CC7CC(CC(C7)C5)C6)sc4c3)cc2s1)C12CC3CC(CC(C3)C1)C2. The van der Waals surface area contributed by atoms with Gasteiger partial charge in [-0.25, -0.2) is 9.97 Å². The third-order valence-corrected chi connectivity index (χ3v) is 14.7. The number of fused-ring (bicyclic) bond motifs is 2. The summed E-state index contributed by atoms with van der Waals surface area (Å²) in [4.78, 5) is 36.8. The van der Waals surface area contributed by atoms with Crippen molar-refractivity contribution in [3.63, 3.8) is 0 Å². The van der Waals surface area contributed by atoms with Gasteiger partial charge in [-0.3, -0.25) is 9.59 Å². The monoisotopic (exact) mass is 636 g/mol. The molecule has 0 saturated heterocycles. The van der Waals surface area contributed by atoms with Gasteiger partial charge in [-0.05, 0) is 154 Å². The van der Waals surface area contributed by atoms with E-state index in [-0.39, 0.29) is 22.6 Å². The molecule has 8 aliphatic rings. The van der Waals surface area contributed by atoms with Crippen LogP contribution in [0, 0.1) is 46.3 Å². The second kappa shape index (κ2) is 9.83. The number of carbonyl (C=O) groups is 2. The van der Waals surface area contributed by atoms with Gasteiger partial charge in [0, 0.05) is 0 Å². The molecule has 2 heterocycles. The molecule has 0 atom stereocenters. The molecule has 8 saturated carbocycles. The Balaban J connectivity index is 0.833. The Morgan fingerprint density at radius 3 is 1.31 bits per heavy atom. The first-order chi connectivity index (χ1) is 21.8. The maximum absolute atomic E-state index is 13.6.